The molecule has 0 spiro atoms. The number of amides is 2. The van der Waals surface area contributed by atoms with Crippen molar-refractivity contribution in [3.8, 4) is 5.75 Å². The van der Waals surface area contributed by atoms with Crippen LogP contribution in [0.2, 0.25) is 18.1 Å². The predicted molar refractivity (Wildman–Crippen MR) is 211 cm³/mol. The predicted octanol–water partition coefficient (Wildman–Crippen LogP) is 9.38. The summed E-state index contributed by atoms with van der Waals surface area (Å²) in [6.45, 7) is 26.6. The van der Waals surface area contributed by atoms with E-state index in [0.29, 0.717) is 5.75 Å². The Morgan fingerprint density at radius 2 is 1.69 bits per heavy atom. The third kappa shape index (κ3) is 12.9. The number of likely N-dealkylation sites (N-methyl/N-ethyl adjacent to an activating group) is 1. The molecule has 288 valence electrons. The molecule has 0 saturated carbocycles. The van der Waals surface area contributed by atoms with Crippen molar-refractivity contribution in [1.29, 1.82) is 0 Å². The summed E-state index contributed by atoms with van der Waals surface area (Å²) >= 11 is 0. The number of nitrogens with zero attached hydrogens (tertiary/aromatic N) is 1. The van der Waals surface area contributed by atoms with Crippen LogP contribution in [0.1, 0.15) is 87.6 Å². The Morgan fingerprint density at radius 3 is 2.27 bits per heavy atom. The monoisotopic (exact) mass is 728 g/mol. The Hall–Kier alpha value is -2.92. The molecule has 0 radical (unpaired) electrons. The third-order valence-corrected chi connectivity index (χ3v) is 15.0. The molecule has 9 nitrogen and oxygen atoms in total. The fourth-order valence-electron chi connectivity index (χ4n) is 6.66. The molecule has 1 aromatic rings. The summed E-state index contributed by atoms with van der Waals surface area (Å²) in [7, 11) is 1.21. The maximum Gasteiger partial charge on any atom is 0.404 e. The summed E-state index contributed by atoms with van der Waals surface area (Å²) in [5.41, 5.74) is 8.59. The van der Waals surface area contributed by atoms with Crippen LogP contribution in [-0.4, -0.2) is 66.2 Å². The molecule has 1 heterocycles. The highest BCUT2D eigenvalue weighted by Crippen LogP contribution is 2.41. The number of benzene rings is 1. The van der Waals surface area contributed by atoms with Crippen LogP contribution in [0.5, 0.6) is 5.75 Å². The maximum atomic E-state index is 12.2. The standard InChI is InChI=1S/C41H68N2O7Si/c1-15-16-17-28(3)38(49-40(42)45)32(7)39(50-51(13,14)41(8,9)10)31(6)23-27(2)22-30(5)37(48-26-46-12)29(4)18-19-33-20-21-35-34(24-33)43(11)36(44)25-47-35/h16-22,24,28-32,37-39H,15,23,25-26H2,1-14H3,(H2,42,45)/t28?,29?,30-,31-,32+,37-,38-,39+/m0/s1. The van der Waals surface area contributed by atoms with Crippen molar-refractivity contribution in [1.82, 2.24) is 0 Å². The molecule has 51 heavy (non-hydrogen) atoms. The minimum atomic E-state index is -2.20. The molecule has 2 unspecified atom stereocenters. The summed E-state index contributed by atoms with van der Waals surface area (Å²) in [4.78, 5) is 25.9. The molecule has 0 bridgehead atoms. The van der Waals surface area contributed by atoms with Crippen LogP contribution in [0.4, 0.5) is 10.5 Å². The molecule has 1 aliphatic heterocycles. The lowest BCUT2D eigenvalue weighted by Gasteiger charge is -2.44. The zero-order chi connectivity index (χ0) is 38.7. The number of methoxy groups -OCH3 is 1. The Labute approximate surface area is 310 Å². The summed E-state index contributed by atoms with van der Waals surface area (Å²) in [5, 5.41) is 0.00759. The van der Waals surface area contributed by atoms with Crippen LogP contribution in [0.15, 0.2) is 48.1 Å². The second-order valence-corrected chi connectivity index (χ2v) is 20.8. The van der Waals surface area contributed by atoms with E-state index in [1.807, 2.05) is 18.2 Å². The maximum absolute atomic E-state index is 12.2. The SMILES string of the molecule is CCC=CC(C)[C@H](OC(N)=O)[C@@H](C)[C@H](O[Si](C)(C)C(C)(C)C)[C@@H](C)CC(C)=C[C@H](C)[C@@H](OCOC)C(C)C=Cc1ccc2c(c1)N(C)C(=O)CO2. The van der Waals surface area contributed by atoms with Crippen molar-refractivity contribution in [2.45, 2.75) is 119 Å². The molecule has 0 aromatic heterocycles. The second kappa shape index (κ2) is 19.8. The van der Waals surface area contributed by atoms with Gasteiger partial charge in [-0.2, -0.15) is 0 Å². The number of carbonyl (C=O) groups excluding carboxylic acids is 2. The Kier molecular flexibility index (Phi) is 17.2. The zero-order valence-electron chi connectivity index (χ0n) is 33.9. The first kappa shape index (κ1) is 44.2. The average Bonchev–Trinajstić information content (AvgIpc) is 3.04. The van der Waals surface area contributed by atoms with Gasteiger partial charge in [0.1, 0.15) is 18.6 Å². The highest BCUT2D eigenvalue weighted by Gasteiger charge is 2.44. The number of nitrogens with two attached hydrogens (primary N) is 1. The first-order valence-electron chi connectivity index (χ1n) is 18.5. The van der Waals surface area contributed by atoms with Gasteiger partial charge in [0, 0.05) is 37.8 Å². The second-order valence-electron chi connectivity index (χ2n) is 16.1. The normalized spacial score (nSPS) is 19.2. The van der Waals surface area contributed by atoms with Gasteiger partial charge >= 0.3 is 6.09 Å². The largest absolute Gasteiger partial charge is 0.482 e. The highest BCUT2D eigenvalue weighted by atomic mass is 28.4. The van der Waals surface area contributed by atoms with Crippen molar-refractivity contribution >= 4 is 32.1 Å². The lowest BCUT2D eigenvalue weighted by molar-refractivity contribution is -0.121. The van der Waals surface area contributed by atoms with Gasteiger partial charge in [0.15, 0.2) is 14.9 Å². The van der Waals surface area contributed by atoms with Crippen LogP contribution in [-0.2, 0) is 23.4 Å². The van der Waals surface area contributed by atoms with E-state index in [-0.39, 0.29) is 66.1 Å². The fraction of sp³-hybridized carbons (Fsp3) is 0.659. The molecule has 8 atom stereocenters. The van der Waals surface area contributed by atoms with E-state index in [9.17, 15) is 9.59 Å². The Morgan fingerprint density at radius 1 is 1.04 bits per heavy atom. The summed E-state index contributed by atoms with van der Waals surface area (Å²) in [6.07, 6.45) is 10.9. The first-order valence-corrected chi connectivity index (χ1v) is 21.4. The van der Waals surface area contributed by atoms with Crippen LogP contribution >= 0.6 is 0 Å². The molecule has 0 fully saturated rings. The highest BCUT2D eigenvalue weighted by molar-refractivity contribution is 6.74. The van der Waals surface area contributed by atoms with Gasteiger partial charge in [-0.25, -0.2) is 4.79 Å². The molecule has 0 aliphatic carbocycles. The minimum absolute atomic E-state index is 0.00759. The van der Waals surface area contributed by atoms with E-state index >= 15 is 0 Å². The van der Waals surface area contributed by atoms with E-state index in [4.69, 9.17) is 29.1 Å². The van der Waals surface area contributed by atoms with Crippen LogP contribution in [0.3, 0.4) is 0 Å². The lowest BCUT2D eigenvalue weighted by Crippen LogP contribution is -2.50. The number of allylic oxidation sites excluding steroid dienone is 2. The van der Waals surface area contributed by atoms with Crippen molar-refractivity contribution in [2.75, 3.05) is 32.5 Å². The van der Waals surface area contributed by atoms with Crippen molar-refractivity contribution < 1.29 is 33.0 Å². The van der Waals surface area contributed by atoms with E-state index in [0.717, 1.165) is 24.1 Å². The van der Waals surface area contributed by atoms with Gasteiger partial charge in [0.25, 0.3) is 5.91 Å². The Balaban J connectivity index is 2.36. The molecule has 1 aliphatic rings. The molecule has 2 rings (SSSR count). The fourth-order valence-corrected chi connectivity index (χ4v) is 8.14. The average molecular weight is 729 g/mol. The Bertz CT molecular complexity index is 1370. The number of hydrogen-bond acceptors (Lipinski definition) is 7. The van der Waals surface area contributed by atoms with Gasteiger partial charge in [-0.05, 0) is 61.5 Å². The van der Waals surface area contributed by atoms with Gasteiger partial charge in [0.2, 0.25) is 0 Å². The minimum Gasteiger partial charge on any atom is -0.482 e. The van der Waals surface area contributed by atoms with Crippen molar-refractivity contribution in [3.05, 3.63) is 53.6 Å². The van der Waals surface area contributed by atoms with Crippen molar-refractivity contribution in [2.24, 2.45) is 35.3 Å². The van der Waals surface area contributed by atoms with Crippen molar-refractivity contribution in [3.63, 3.8) is 0 Å². The van der Waals surface area contributed by atoms with Gasteiger partial charge in [-0.1, -0.05) is 104 Å². The number of hydrogen-bond donors (Lipinski definition) is 1. The van der Waals surface area contributed by atoms with Gasteiger partial charge in [0.05, 0.1) is 17.9 Å². The molecule has 2 N–H and O–H groups in total. The molecule has 2 amide bonds. The number of primary amides is 1. The first-order chi connectivity index (χ1) is 23.7. The number of ether oxygens (including phenoxy) is 4. The van der Waals surface area contributed by atoms with Gasteiger partial charge in [-0.15, -0.1) is 0 Å². The summed E-state index contributed by atoms with van der Waals surface area (Å²) in [6, 6.07) is 5.87. The van der Waals surface area contributed by atoms with Crippen LogP contribution in [0.25, 0.3) is 6.08 Å². The molecule has 1 aromatic carbocycles. The molecule has 0 saturated heterocycles. The van der Waals surface area contributed by atoms with E-state index in [1.165, 1.54) is 5.57 Å². The smallest absolute Gasteiger partial charge is 0.404 e. The van der Waals surface area contributed by atoms with Gasteiger partial charge in [-0.3, -0.25) is 4.79 Å². The van der Waals surface area contributed by atoms with Crippen LogP contribution in [0, 0.1) is 29.6 Å². The number of anilines is 1. The lowest BCUT2D eigenvalue weighted by atomic mass is 9.81. The van der Waals surface area contributed by atoms with E-state index in [2.05, 4.69) is 113 Å². The summed E-state index contributed by atoms with van der Waals surface area (Å²) < 4.78 is 30.2. The van der Waals surface area contributed by atoms with E-state index < -0.39 is 20.5 Å². The number of rotatable bonds is 19. The van der Waals surface area contributed by atoms with E-state index in [1.54, 1.807) is 19.1 Å². The molecular formula is C41H68N2O7Si. The van der Waals surface area contributed by atoms with Crippen LogP contribution < -0.4 is 15.4 Å². The number of fused-ring (bicyclic) bond motifs is 1. The molecular weight excluding hydrogens is 661 g/mol. The third-order valence-electron chi connectivity index (χ3n) is 10.5. The zero-order valence-corrected chi connectivity index (χ0v) is 34.9. The summed E-state index contributed by atoms with van der Waals surface area (Å²) in [5.74, 6) is 0.787. The van der Waals surface area contributed by atoms with Gasteiger partial charge < -0.3 is 34.0 Å². The topological polar surface area (TPSA) is 110 Å². The molecule has 10 heteroatoms. The number of carbonyl (C=O) groups is 2. The quantitative estimate of drug-likeness (QED) is 0.0859.